The Labute approximate surface area is 97.4 Å². The van der Waals surface area contributed by atoms with Crippen molar-refractivity contribution in [2.45, 2.75) is 31.8 Å². The van der Waals surface area contributed by atoms with Gasteiger partial charge in [0.2, 0.25) is 0 Å². The van der Waals surface area contributed by atoms with Gasteiger partial charge in [-0.1, -0.05) is 5.92 Å². The second kappa shape index (κ2) is 6.24. The minimum atomic E-state index is -3.31. The highest BCUT2D eigenvalue weighted by Gasteiger charge is 2.22. The van der Waals surface area contributed by atoms with Gasteiger partial charge in [0.05, 0.1) is 19.0 Å². The Bertz CT molecular complexity index is 333. The molecule has 5 heteroatoms. The normalized spacial score (nSPS) is 26.2. The van der Waals surface area contributed by atoms with Gasteiger partial charge in [-0.25, -0.2) is 0 Å². The van der Waals surface area contributed by atoms with Crippen LogP contribution in [-0.4, -0.2) is 34.0 Å². The van der Waals surface area contributed by atoms with Crippen molar-refractivity contribution >= 4 is 10.1 Å². The van der Waals surface area contributed by atoms with Crippen LogP contribution in [0.5, 0.6) is 0 Å². The molecule has 0 bridgehead atoms. The molecule has 0 amide bonds. The highest BCUT2D eigenvalue weighted by molar-refractivity contribution is 7.85. The zero-order valence-electron chi connectivity index (χ0n) is 9.52. The molecule has 0 aromatic heterocycles. The standard InChI is InChI=1S/C11H18O4S/c1-3-8-14-11-6-4-10(5-7-11)9-15-16(2,12)13/h1,10-11H,4-9H2,2H3. The maximum absolute atomic E-state index is 10.8. The van der Waals surface area contributed by atoms with Crippen LogP contribution in [0.15, 0.2) is 0 Å². The van der Waals surface area contributed by atoms with Gasteiger partial charge in [0, 0.05) is 0 Å². The monoisotopic (exact) mass is 246 g/mol. The van der Waals surface area contributed by atoms with Crippen LogP contribution in [-0.2, 0) is 19.0 Å². The first kappa shape index (κ1) is 13.5. The van der Waals surface area contributed by atoms with Gasteiger partial charge in [-0.15, -0.1) is 6.42 Å². The Hall–Kier alpha value is -0.570. The lowest BCUT2D eigenvalue weighted by atomic mass is 9.88. The molecule has 1 aliphatic rings. The predicted octanol–water partition coefficient (Wildman–Crippen LogP) is 1.17. The summed E-state index contributed by atoms with van der Waals surface area (Å²) in [6.45, 7) is 0.649. The Morgan fingerprint density at radius 1 is 1.31 bits per heavy atom. The van der Waals surface area contributed by atoms with Crippen molar-refractivity contribution in [3.05, 3.63) is 0 Å². The molecule has 0 aromatic carbocycles. The summed E-state index contributed by atoms with van der Waals surface area (Å²) in [5, 5.41) is 0. The average molecular weight is 246 g/mol. The largest absolute Gasteiger partial charge is 0.366 e. The van der Waals surface area contributed by atoms with Crippen molar-refractivity contribution < 1.29 is 17.3 Å². The van der Waals surface area contributed by atoms with Crippen LogP contribution in [0.2, 0.25) is 0 Å². The first-order valence-electron chi connectivity index (χ1n) is 5.40. The lowest BCUT2D eigenvalue weighted by Crippen LogP contribution is -2.25. The molecule has 1 aliphatic carbocycles. The summed E-state index contributed by atoms with van der Waals surface area (Å²) in [4.78, 5) is 0. The van der Waals surface area contributed by atoms with Crippen LogP contribution in [0.25, 0.3) is 0 Å². The summed E-state index contributed by atoms with van der Waals surface area (Å²) in [7, 11) is -3.31. The molecule has 16 heavy (non-hydrogen) atoms. The molecule has 1 fully saturated rings. The van der Waals surface area contributed by atoms with Crippen LogP contribution >= 0.6 is 0 Å². The molecule has 0 spiro atoms. The second-order valence-corrected chi connectivity index (χ2v) is 5.79. The van der Waals surface area contributed by atoms with Crippen molar-refractivity contribution in [2.24, 2.45) is 5.92 Å². The molecule has 0 radical (unpaired) electrons. The van der Waals surface area contributed by atoms with Crippen molar-refractivity contribution in [3.63, 3.8) is 0 Å². The third kappa shape index (κ3) is 5.50. The molecule has 92 valence electrons. The van der Waals surface area contributed by atoms with E-state index in [1.165, 1.54) is 0 Å². The Morgan fingerprint density at radius 2 is 1.94 bits per heavy atom. The number of hydrogen-bond acceptors (Lipinski definition) is 4. The molecule has 0 aliphatic heterocycles. The van der Waals surface area contributed by atoms with E-state index in [-0.39, 0.29) is 6.10 Å². The van der Waals surface area contributed by atoms with E-state index >= 15 is 0 Å². The van der Waals surface area contributed by atoms with Gasteiger partial charge in [0.25, 0.3) is 10.1 Å². The summed E-state index contributed by atoms with van der Waals surface area (Å²) in [6.07, 6.45) is 10.1. The van der Waals surface area contributed by atoms with E-state index in [1.807, 2.05) is 0 Å². The lowest BCUT2D eigenvalue weighted by molar-refractivity contribution is 0.0313. The fourth-order valence-corrected chi connectivity index (χ4v) is 2.29. The van der Waals surface area contributed by atoms with Gasteiger partial charge in [-0.2, -0.15) is 8.42 Å². The van der Waals surface area contributed by atoms with Gasteiger partial charge in [-0.05, 0) is 31.6 Å². The van der Waals surface area contributed by atoms with E-state index in [0.717, 1.165) is 31.9 Å². The topological polar surface area (TPSA) is 52.6 Å². The molecule has 0 unspecified atom stereocenters. The highest BCUT2D eigenvalue weighted by Crippen LogP contribution is 2.26. The zero-order valence-corrected chi connectivity index (χ0v) is 10.3. The average Bonchev–Trinajstić information content (AvgIpc) is 2.24. The van der Waals surface area contributed by atoms with E-state index < -0.39 is 10.1 Å². The van der Waals surface area contributed by atoms with Crippen LogP contribution in [0.1, 0.15) is 25.7 Å². The minimum Gasteiger partial charge on any atom is -0.366 e. The van der Waals surface area contributed by atoms with Crippen molar-refractivity contribution in [1.82, 2.24) is 0 Å². The molecular formula is C11H18O4S. The summed E-state index contributed by atoms with van der Waals surface area (Å²) >= 11 is 0. The first-order chi connectivity index (χ1) is 7.51. The maximum atomic E-state index is 10.8. The molecule has 0 saturated heterocycles. The fourth-order valence-electron chi connectivity index (χ4n) is 1.85. The SMILES string of the molecule is C#CCOC1CCC(COS(C)(=O)=O)CC1. The third-order valence-corrected chi connectivity index (χ3v) is 3.28. The van der Waals surface area contributed by atoms with Gasteiger partial charge in [0.1, 0.15) is 6.61 Å². The summed E-state index contributed by atoms with van der Waals surface area (Å²) < 4.78 is 31.8. The van der Waals surface area contributed by atoms with Crippen molar-refractivity contribution in [1.29, 1.82) is 0 Å². The number of hydrogen-bond donors (Lipinski definition) is 0. The van der Waals surface area contributed by atoms with Crippen LogP contribution in [0, 0.1) is 18.3 Å². The minimum absolute atomic E-state index is 0.227. The van der Waals surface area contributed by atoms with Gasteiger partial charge in [-0.3, -0.25) is 4.18 Å². The Balaban J connectivity index is 2.20. The van der Waals surface area contributed by atoms with Gasteiger partial charge in [0.15, 0.2) is 0 Å². The zero-order chi connectivity index (χ0) is 12.0. The van der Waals surface area contributed by atoms with Gasteiger partial charge >= 0.3 is 0 Å². The maximum Gasteiger partial charge on any atom is 0.264 e. The Morgan fingerprint density at radius 3 is 2.44 bits per heavy atom. The first-order valence-corrected chi connectivity index (χ1v) is 7.22. The number of terminal acetylenes is 1. The smallest absolute Gasteiger partial charge is 0.264 e. The van der Waals surface area contributed by atoms with Crippen molar-refractivity contribution in [3.8, 4) is 12.3 Å². The summed E-state index contributed by atoms with van der Waals surface area (Å²) in [6, 6.07) is 0. The summed E-state index contributed by atoms with van der Waals surface area (Å²) in [5.41, 5.74) is 0. The molecule has 4 nitrogen and oxygen atoms in total. The van der Waals surface area contributed by atoms with E-state index in [1.54, 1.807) is 0 Å². The lowest BCUT2D eigenvalue weighted by Gasteiger charge is -2.27. The molecular weight excluding hydrogens is 228 g/mol. The summed E-state index contributed by atoms with van der Waals surface area (Å²) in [5.74, 6) is 2.76. The van der Waals surface area contributed by atoms with E-state index in [9.17, 15) is 8.42 Å². The highest BCUT2D eigenvalue weighted by atomic mass is 32.2. The second-order valence-electron chi connectivity index (χ2n) is 4.15. The molecule has 1 rings (SSSR count). The fraction of sp³-hybridized carbons (Fsp3) is 0.818. The van der Waals surface area contributed by atoms with E-state index in [0.29, 0.717) is 19.1 Å². The quantitative estimate of drug-likeness (QED) is 0.540. The van der Waals surface area contributed by atoms with Crippen LogP contribution in [0.3, 0.4) is 0 Å². The van der Waals surface area contributed by atoms with Crippen molar-refractivity contribution in [2.75, 3.05) is 19.5 Å². The van der Waals surface area contributed by atoms with E-state index in [2.05, 4.69) is 5.92 Å². The van der Waals surface area contributed by atoms with Crippen LogP contribution in [0.4, 0.5) is 0 Å². The molecule has 0 heterocycles. The molecule has 0 atom stereocenters. The molecule has 1 saturated carbocycles. The number of ether oxygens (including phenoxy) is 1. The van der Waals surface area contributed by atoms with Gasteiger partial charge < -0.3 is 4.74 Å². The molecule has 0 N–H and O–H groups in total. The third-order valence-electron chi connectivity index (χ3n) is 2.71. The molecule has 0 aromatic rings. The predicted molar refractivity (Wildman–Crippen MR) is 61.3 cm³/mol. The Kier molecular flexibility index (Phi) is 5.26. The van der Waals surface area contributed by atoms with E-state index in [4.69, 9.17) is 15.3 Å². The van der Waals surface area contributed by atoms with Crippen LogP contribution < -0.4 is 0 Å². The number of rotatable bonds is 5.